The third-order valence-electron chi connectivity index (χ3n) is 2.97. The number of piperazine rings is 1. The average Bonchev–Trinajstić information content (AvgIpc) is 2.33. The minimum absolute atomic E-state index is 1.10. The van der Waals surface area contributed by atoms with Crippen LogP contribution in [0.3, 0.4) is 0 Å². The fourth-order valence-electron chi connectivity index (χ4n) is 1.85. The molecule has 0 atom stereocenters. The summed E-state index contributed by atoms with van der Waals surface area (Å²) in [5.41, 5.74) is 4.14. The second-order valence-corrected chi connectivity index (χ2v) is 4.86. The highest BCUT2D eigenvalue weighted by Crippen LogP contribution is 2.18. The van der Waals surface area contributed by atoms with Crippen molar-refractivity contribution in [2.45, 2.75) is 13.8 Å². The normalized spacial score (nSPS) is 15.2. The van der Waals surface area contributed by atoms with Crippen LogP contribution >= 0.6 is 0 Å². The minimum Gasteiger partial charge on any atom is -0.369 e. The van der Waals surface area contributed by atoms with E-state index in [-0.39, 0.29) is 0 Å². The van der Waals surface area contributed by atoms with E-state index in [1.54, 1.807) is 0 Å². The van der Waals surface area contributed by atoms with Crippen molar-refractivity contribution < 1.29 is 8.42 Å². The molecule has 1 aliphatic rings. The highest BCUT2D eigenvalue weighted by Gasteiger charge is 2.10. The van der Waals surface area contributed by atoms with E-state index in [1.807, 2.05) is 0 Å². The molecule has 102 valence electrons. The quantitative estimate of drug-likeness (QED) is 0.637. The highest BCUT2D eigenvalue weighted by molar-refractivity contribution is 7.69. The first-order valence-corrected chi connectivity index (χ1v) is 7.17. The molecule has 0 amide bonds. The molecule has 0 radical (unpaired) electrons. The second kappa shape index (κ2) is 7.35. The van der Waals surface area contributed by atoms with Crippen LogP contribution in [0.1, 0.15) is 11.1 Å². The van der Waals surface area contributed by atoms with Gasteiger partial charge in [0.05, 0.1) is 0 Å². The molecule has 0 aliphatic carbocycles. The van der Waals surface area contributed by atoms with Gasteiger partial charge in [-0.1, -0.05) is 6.07 Å². The summed E-state index contributed by atoms with van der Waals surface area (Å²) in [4.78, 5) is 2.45. The molecule has 18 heavy (non-hydrogen) atoms. The molecule has 1 fully saturated rings. The van der Waals surface area contributed by atoms with Crippen molar-refractivity contribution in [2.75, 3.05) is 31.1 Å². The Hall–Kier alpha value is -1.11. The third kappa shape index (κ3) is 5.03. The highest BCUT2D eigenvalue weighted by atomic mass is 32.2. The monoisotopic (exact) mass is 271 g/mol. The molecule has 0 bridgehead atoms. The van der Waals surface area contributed by atoms with Crippen LogP contribution in [0.2, 0.25) is 0 Å². The van der Waals surface area contributed by atoms with Crippen LogP contribution in [0.5, 0.6) is 0 Å². The van der Waals surface area contributed by atoms with Gasteiger partial charge in [-0.15, -0.1) is 0 Å². The van der Waals surface area contributed by atoms with Gasteiger partial charge in [0.2, 0.25) is 0 Å². The van der Waals surface area contributed by atoms with Crippen molar-refractivity contribution in [1.82, 2.24) is 5.32 Å². The van der Waals surface area contributed by atoms with E-state index >= 15 is 0 Å². The SMILES string of the molecule is Cc1ccc(N2CCNCC2)cc1C.N[SH](=O)=O. The summed E-state index contributed by atoms with van der Waals surface area (Å²) in [6.45, 7) is 8.81. The van der Waals surface area contributed by atoms with Gasteiger partial charge >= 0.3 is 0 Å². The third-order valence-corrected chi connectivity index (χ3v) is 2.97. The van der Waals surface area contributed by atoms with Gasteiger partial charge in [0.25, 0.3) is 0 Å². The Bertz CT molecular complexity index is 447. The van der Waals surface area contributed by atoms with Crippen molar-refractivity contribution in [1.29, 1.82) is 0 Å². The number of nitrogens with two attached hydrogens (primary N) is 1. The van der Waals surface area contributed by atoms with Crippen LogP contribution in [-0.2, 0) is 10.9 Å². The fourth-order valence-corrected chi connectivity index (χ4v) is 1.85. The van der Waals surface area contributed by atoms with Crippen molar-refractivity contribution in [3.8, 4) is 0 Å². The number of anilines is 1. The van der Waals surface area contributed by atoms with Gasteiger partial charge in [-0.25, -0.2) is 13.6 Å². The fraction of sp³-hybridized carbons (Fsp3) is 0.500. The molecule has 3 N–H and O–H groups in total. The van der Waals surface area contributed by atoms with E-state index < -0.39 is 10.9 Å². The van der Waals surface area contributed by atoms with Crippen LogP contribution in [0.25, 0.3) is 0 Å². The number of rotatable bonds is 1. The molecule has 0 saturated carbocycles. The molecule has 1 aliphatic heterocycles. The van der Waals surface area contributed by atoms with Gasteiger partial charge in [-0.3, -0.25) is 0 Å². The van der Waals surface area contributed by atoms with Crippen LogP contribution < -0.4 is 15.4 Å². The summed E-state index contributed by atoms with van der Waals surface area (Å²) in [6.07, 6.45) is 0. The first kappa shape index (κ1) is 14.9. The van der Waals surface area contributed by atoms with Crippen LogP contribution in [-0.4, -0.2) is 34.6 Å². The lowest BCUT2D eigenvalue weighted by Gasteiger charge is -2.29. The van der Waals surface area contributed by atoms with Crippen molar-refractivity contribution in [3.05, 3.63) is 29.3 Å². The maximum atomic E-state index is 8.81. The zero-order valence-electron chi connectivity index (χ0n) is 10.8. The van der Waals surface area contributed by atoms with E-state index in [9.17, 15) is 0 Å². The van der Waals surface area contributed by atoms with E-state index in [2.05, 4.69) is 47.4 Å². The molecule has 1 aromatic rings. The predicted octanol–water partition coefficient (Wildman–Crippen LogP) is 0.185. The molecule has 2 rings (SSSR count). The van der Waals surface area contributed by atoms with Crippen LogP contribution in [0, 0.1) is 13.8 Å². The summed E-state index contributed by atoms with van der Waals surface area (Å²) in [7, 11) is -2.62. The van der Waals surface area contributed by atoms with E-state index in [0.29, 0.717) is 0 Å². The smallest absolute Gasteiger partial charge is 0.198 e. The van der Waals surface area contributed by atoms with Gasteiger partial charge < -0.3 is 10.2 Å². The molecule has 6 heteroatoms. The molecular weight excluding hydrogens is 250 g/mol. The van der Waals surface area contributed by atoms with E-state index in [0.717, 1.165) is 26.2 Å². The van der Waals surface area contributed by atoms with Crippen molar-refractivity contribution in [2.24, 2.45) is 5.14 Å². The number of thiol groups is 1. The lowest BCUT2D eigenvalue weighted by atomic mass is 10.1. The van der Waals surface area contributed by atoms with Crippen LogP contribution in [0.15, 0.2) is 18.2 Å². The summed E-state index contributed by atoms with van der Waals surface area (Å²) in [6, 6.07) is 6.74. The standard InChI is InChI=1S/C12H18N2.H3NO2S/c1-10-3-4-12(9-11(10)2)14-7-5-13-6-8-14;1-4(2)3/h3-4,9,13H,5-8H2,1-2H3;4H,(H2,1,2,3). The summed E-state index contributed by atoms with van der Waals surface area (Å²) in [5.74, 6) is 0. The Morgan fingerprint density at radius 2 is 1.72 bits per heavy atom. The van der Waals surface area contributed by atoms with E-state index in [1.165, 1.54) is 16.8 Å². The Morgan fingerprint density at radius 1 is 1.17 bits per heavy atom. The molecule has 0 unspecified atom stereocenters. The topological polar surface area (TPSA) is 75.4 Å². The zero-order chi connectivity index (χ0) is 13.5. The molecule has 0 spiro atoms. The summed E-state index contributed by atoms with van der Waals surface area (Å²) in [5, 5.41) is 7.43. The summed E-state index contributed by atoms with van der Waals surface area (Å²) < 4.78 is 17.6. The molecule has 0 aromatic heterocycles. The van der Waals surface area contributed by atoms with E-state index in [4.69, 9.17) is 8.42 Å². The molecule has 5 nitrogen and oxygen atoms in total. The van der Waals surface area contributed by atoms with Gasteiger partial charge in [-0.2, -0.15) is 0 Å². The molecule has 1 saturated heterocycles. The van der Waals surface area contributed by atoms with Gasteiger partial charge in [-0.05, 0) is 37.1 Å². The van der Waals surface area contributed by atoms with Crippen molar-refractivity contribution >= 4 is 16.6 Å². The number of hydrogen-bond donors (Lipinski definition) is 3. The Labute approximate surface area is 110 Å². The maximum Gasteiger partial charge on any atom is 0.198 e. The Morgan fingerprint density at radius 3 is 2.22 bits per heavy atom. The zero-order valence-corrected chi connectivity index (χ0v) is 11.7. The second-order valence-electron chi connectivity index (χ2n) is 4.29. The van der Waals surface area contributed by atoms with Gasteiger partial charge in [0, 0.05) is 31.9 Å². The Kier molecular flexibility index (Phi) is 6.11. The number of nitrogens with zero attached hydrogens (tertiary/aromatic N) is 1. The largest absolute Gasteiger partial charge is 0.369 e. The van der Waals surface area contributed by atoms with Gasteiger partial charge in [0.15, 0.2) is 10.9 Å². The first-order valence-electron chi connectivity index (χ1n) is 5.92. The minimum atomic E-state index is -2.62. The number of aryl methyl sites for hydroxylation is 2. The molecular formula is C12H21N3O2S. The lowest BCUT2D eigenvalue weighted by Crippen LogP contribution is -2.43. The number of nitrogens with one attached hydrogen (secondary N) is 1. The first-order chi connectivity index (χ1) is 8.50. The number of hydrogen-bond acceptors (Lipinski definition) is 4. The number of benzene rings is 1. The lowest BCUT2D eigenvalue weighted by molar-refractivity contribution is 0.589. The molecule has 1 aromatic carbocycles. The van der Waals surface area contributed by atoms with Crippen molar-refractivity contribution in [3.63, 3.8) is 0 Å². The average molecular weight is 271 g/mol. The summed E-state index contributed by atoms with van der Waals surface area (Å²) >= 11 is 0. The van der Waals surface area contributed by atoms with Gasteiger partial charge in [0.1, 0.15) is 0 Å². The maximum absolute atomic E-state index is 8.81. The van der Waals surface area contributed by atoms with Crippen LogP contribution in [0.4, 0.5) is 5.69 Å². The predicted molar refractivity (Wildman–Crippen MR) is 75.5 cm³/mol. The molecule has 1 heterocycles. The Balaban J connectivity index is 0.000000357.